The lowest BCUT2D eigenvalue weighted by atomic mass is 9.85. The number of anilines is 1. The van der Waals surface area contributed by atoms with Crippen LogP contribution in [0.15, 0.2) is 48.9 Å². The fourth-order valence-electron chi connectivity index (χ4n) is 4.78. The van der Waals surface area contributed by atoms with Gasteiger partial charge in [0.1, 0.15) is 23.5 Å². The van der Waals surface area contributed by atoms with E-state index in [1.165, 1.54) is 6.33 Å². The van der Waals surface area contributed by atoms with Gasteiger partial charge in [-0.15, -0.1) is 0 Å². The van der Waals surface area contributed by atoms with E-state index in [9.17, 15) is 14.6 Å². The molecule has 186 valence electrons. The Morgan fingerprint density at radius 3 is 2.97 bits per heavy atom. The third-order valence-corrected chi connectivity index (χ3v) is 8.07. The average molecular weight is 500 g/mol. The number of H-pyrrole nitrogens is 1. The minimum absolute atomic E-state index is 0.245. The Kier molecular flexibility index (Phi) is 6.16. The molecule has 4 heterocycles. The number of para-hydroxylation sites is 1. The van der Waals surface area contributed by atoms with Crippen molar-refractivity contribution >= 4 is 30.0 Å². The molecule has 1 unspecified atom stereocenters. The standard InChI is InChI=1S/C23H29N6O5P/c1-14-21(30)19(34-23(14,2)20-8-7-18-22(24)26-13-27-29(18)20)12-33-35(31,32)28-10-9-15-11-25-17-6-4-3-5-16(15)17/h3-8,11,13-14,19,21,25,30H,9-10,12H2,1-2H3,(H2,24,26,27)(H2,28,31,32)/t14-,19+,21-,23+/m0/s1. The minimum atomic E-state index is -4.11. The number of aliphatic hydroxyl groups excluding tert-OH is 1. The summed E-state index contributed by atoms with van der Waals surface area (Å²) in [5, 5.41) is 18.8. The molecule has 1 fully saturated rings. The van der Waals surface area contributed by atoms with Crippen LogP contribution in [-0.2, 0) is 25.8 Å². The van der Waals surface area contributed by atoms with Gasteiger partial charge < -0.3 is 25.5 Å². The number of benzene rings is 1. The molecule has 4 aromatic rings. The molecule has 3 aromatic heterocycles. The van der Waals surface area contributed by atoms with Gasteiger partial charge in [0.2, 0.25) is 0 Å². The molecule has 35 heavy (non-hydrogen) atoms. The Bertz CT molecular complexity index is 1410. The number of hydrogen-bond acceptors (Lipinski definition) is 7. The zero-order valence-electron chi connectivity index (χ0n) is 19.5. The van der Waals surface area contributed by atoms with Crippen molar-refractivity contribution in [2.75, 3.05) is 18.9 Å². The number of nitrogens with two attached hydrogens (primary N) is 1. The Morgan fingerprint density at radius 1 is 1.34 bits per heavy atom. The van der Waals surface area contributed by atoms with Crippen LogP contribution in [0.2, 0.25) is 0 Å². The van der Waals surface area contributed by atoms with Crippen LogP contribution in [-0.4, -0.2) is 54.9 Å². The van der Waals surface area contributed by atoms with E-state index in [2.05, 4.69) is 20.2 Å². The number of nitrogens with one attached hydrogen (secondary N) is 2. The van der Waals surface area contributed by atoms with Crippen molar-refractivity contribution in [3.63, 3.8) is 0 Å². The predicted molar refractivity (Wildman–Crippen MR) is 131 cm³/mol. The predicted octanol–water partition coefficient (Wildman–Crippen LogP) is 2.35. The van der Waals surface area contributed by atoms with Gasteiger partial charge in [-0.2, -0.15) is 5.10 Å². The van der Waals surface area contributed by atoms with Crippen molar-refractivity contribution in [2.24, 2.45) is 5.92 Å². The highest BCUT2D eigenvalue weighted by molar-refractivity contribution is 7.50. The first kappa shape index (κ1) is 23.9. The molecular weight excluding hydrogens is 471 g/mol. The van der Waals surface area contributed by atoms with Crippen molar-refractivity contribution < 1.29 is 23.8 Å². The maximum Gasteiger partial charge on any atom is 0.403 e. The van der Waals surface area contributed by atoms with Crippen molar-refractivity contribution in [3.8, 4) is 0 Å². The summed E-state index contributed by atoms with van der Waals surface area (Å²) in [5.74, 6) is -0.0147. The summed E-state index contributed by atoms with van der Waals surface area (Å²) in [7, 11) is -4.11. The molecule has 5 atom stereocenters. The summed E-state index contributed by atoms with van der Waals surface area (Å²) in [5.41, 5.74) is 8.40. The van der Waals surface area contributed by atoms with Crippen LogP contribution in [0.5, 0.6) is 0 Å². The molecule has 0 radical (unpaired) electrons. The molecule has 6 N–H and O–H groups in total. The summed E-state index contributed by atoms with van der Waals surface area (Å²) in [6.07, 6.45) is 2.06. The Hall–Kier alpha value is -2.79. The lowest BCUT2D eigenvalue weighted by Gasteiger charge is -2.28. The van der Waals surface area contributed by atoms with E-state index >= 15 is 0 Å². The number of hydrogen-bond donors (Lipinski definition) is 5. The number of nitrogen functional groups attached to an aromatic ring is 1. The van der Waals surface area contributed by atoms with E-state index in [0.717, 1.165) is 16.5 Å². The molecule has 0 amide bonds. The molecule has 12 heteroatoms. The van der Waals surface area contributed by atoms with E-state index in [4.69, 9.17) is 15.0 Å². The second-order valence-electron chi connectivity index (χ2n) is 9.04. The molecule has 0 saturated carbocycles. The summed E-state index contributed by atoms with van der Waals surface area (Å²) in [6.45, 7) is 3.69. The largest absolute Gasteiger partial charge is 0.403 e. The van der Waals surface area contributed by atoms with Gasteiger partial charge in [-0.05, 0) is 37.1 Å². The van der Waals surface area contributed by atoms with Crippen LogP contribution < -0.4 is 10.8 Å². The fourth-order valence-corrected chi connectivity index (χ4v) is 5.62. The molecule has 0 aliphatic carbocycles. The van der Waals surface area contributed by atoms with Crippen molar-refractivity contribution in [3.05, 3.63) is 60.2 Å². The van der Waals surface area contributed by atoms with E-state index in [0.29, 0.717) is 23.4 Å². The number of aliphatic hydroxyl groups is 1. The number of aromatic nitrogens is 4. The maximum atomic E-state index is 12.6. The van der Waals surface area contributed by atoms with Crippen LogP contribution >= 0.6 is 7.75 Å². The summed E-state index contributed by atoms with van der Waals surface area (Å²) < 4.78 is 25.8. The smallest absolute Gasteiger partial charge is 0.390 e. The van der Waals surface area contributed by atoms with E-state index in [-0.39, 0.29) is 19.1 Å². The molecule has 11 nitrogen and oxygen atoms in total. The number of fused-ring (bicyclic) bond motifs is 2. The second-order valence-corrected chi connectivity index (χ2v) is 10.7. The molecule has 5 rings (SSSR count). The van der Waals surface area contributed by atoms with Gasteiger partial charge in [-0.3, -0.25) is 4.52 Å². The number of aromatic amines is 1. The first-order valence-electron chi connectivity index (χ1n) is 11.4. The average Bonchev–Trinajstić information content (AvgIpc) is 3.51. The van der Waals surface area contributed by atoms with Crippen LogP contribution in [0, 0.1) is 5.92 Å². The normalized spacial score (nSPS) is 26.5. The van der Waals surface area contributed by atoms with Crippen molar-refractivity contribution in [1.82, 2.24) is 24.7 Å². The Labute approximate surface area is 201 Å². The molecular formula is C23H29N6O5P. The van der Waals surface area contributed by atoms with Crippen LogP contribution in [0.25, 0.3) is 16.4 Å². The Balaban J connectivity index is 1.22. The van der Waals surface area contributed by atoms with Crippen LogP contribution in [0.3, 0.4) is 0 Å². The second kappa shape index (κ2) is 9.02. The Morgan fingerprint density at radius 2 is 2.14 bits per heavy atom. The van der Waals surface area contributed by atoms with Crippen LogP contribution in [0.1, 0.15) is 25.1 Å². The zero-order valence-corrected chi connectivity index (χ0v) is 20.4. The number of rotatable bonds is 8. The van der Waals surface area contributed by atoms with Gasteiger partial charge in [-0.1, -0.05) is 25.1 Å². The minimum Gasteiger partial charge on any atom is -0.390 e. The SMILES string of the molecule is C[C@H]1[C@H](O)[C@@H](COP(=O)(O)NCCc2c[nH]c3ccccc23)O[C@@]1(C)c1ccc2c(N)ncnn12. The lowest BCUT2D eigenvalue weighted by molar-refractivity contribution is -0.0720. The molecule has 0 spiro atoms. The van der Waals surface area contributed by atoms with E-state index in [1.54, 1.807) is 10.6 Å². The number of nitrogens with zero attached hydrogens (tertiary/aromatic N) is 3. The maximum absolute atomic E-state index is 12.6. The third-order valence-electron chi connectivity index (χ3n) is 6.94. The van der Waals surface area contributed by atoms with Crippen molar-refractivity contribution in [1.29, 1.82) is 0 Å². The van der Waals surface area contributed by atoms with Gasteiger partial charge in [-0.25, -0.2) is 19.2 Å². The fraction of sp³-hybridized carbons (Fsp3) is 0.391. The third kappa shape index (κ3) is 4.35. The van der Waals surface area contributed by atoms with Gasteiger partial charge in [0, 0.05) is 29.6 Å². The highest BCUT2D eigenvalue weighted by Gasteiger charge is 2.52. The molecule has 0 bridgehead atoms. The van der Waals surface area contributed by atoms with Gasteiger partial charge in [0.05, 0.1) is 18.4 Å². The molecule has 1 aliphatic heterocycles. The number of ether oxygens (including phenoxy) is 1. The summed E-state index contributed by atoms with van der Waals surface area (Å²) in [4.78, 5) is 17.5. The van der Waals surface area contributed by atoms with E-state index in [1.807, 2.05) is 50.4 Å². The topological polar surface area (TPSA) is 160 Å². The lowest BCUT2D eigenvalue weighted by Crippen LogP contribution is -2.32. The zero-order chi connectivity index (χ0) is 24.8. The van der Waals surface area contributed by atoms with Crippen LogP contribution in [0.4, 0.5) is 5.82 Å². The summed E-state index contributed by atoms with van der Waals surface area (Å²) >= 11 is 0. The highest BCUT2D eigenvalue weighted by atomic mass is 31.2. The quantitative estimate of drug-likeness (QED) is 0.229. The highest BCUT2D eigenvalue weighted by Crippen LogP contribution is 2.46. The monoisotopic (exact) mass is 500 g/mol. The molecule has 1 aromatic carbocycles. The van der Waals surface area contributed by atoms with Gasteiger partial charge in [0.25, 0.3) is 0 Å². The van der Waals surface area contributed by atoms with E-state index < -0.39 is 25.6 Å². The molecule has 1 aliphatic rings. The molecule has 1 saturated heterocycles. The van der Waals surface area contributed by atoms with Gasteiger partial charge in [0.15, 0.2) is 5.82 Å². The van der Waals surface area contributed by atoms with Gasteiger partial charge >= 0.3 is 7.75 Å². The first-order valence-corrected chi connectivity index (χ1v) is 13.0. The summed E-state index contributed by atoms with van der Waals surface area (Å²) in [6, 6.07) is 11.5. The van der Waals surface area contributed by atoms with Crippen molar-refractivity contribution in [2.45, 2.75) is 38.1 Å². The first-order chi connectivity index (χ1) is 16.7.